The SMILES string of the molecule is CC1=C(C2=C(C)C(=O)c3c(c(/C=N/NC(=O)c4ccncc4)c(O)c(O)c3C(C)C)C2=O)C(=O)c2cc(O)c(O)c(C(C)C)c2C1=O. The zero-order valence-corrected chi connectivity index (χ0v) is 26.3. The molecule has 12 nitrogen and oxygen atoms in total. The van der Waals surface area contributed by atoms with Crippen molar-refractivity contribution < 1.29 is 44.4 Å². The molecule has 0 bridgehead atoms. The van der Waals surface area contributed by atoms with Crippen molar-refractivity contribution in [3.05, 3.63) is 97.4 Å². The minimum atomic E-state index is -0.915. The highest BCUT2D eigenvalue weighted by Crippen LogP contribution is 2.48. The standard InChI is InChI=1S/C35H31N3O9/c1-13(2)21-25-18(11-20(39)32(21)44)30(42)23(15(5)28(25)40)24-16(6)29(41)27-22(14(3)4)34(46)31(43)19(26(27)33(24)45)12-37-38-35(47)17-7-9-36-10-8-17/h7-14,39,43-44,46H,1-6H3,(H,38,47)/b37-12+. The number of hydrogen-bond acceptors (Lipinski definition) is 11. The van der Waals surface area contributed by atoms with Gasteiger partial charge in [0.15, 0.2) is 46.1 Å². The van der Waals surface area contributed by atoms with Gasteiger partial charge in [-0.05, 0) is 43.9 Å². The van der Waals surface area contributed by atoms with Crippen LogP contribution in [0.3, 0.4) is 0 Å². The van der Waals surface area contributed by atoms with Crippen molar-refractivity contribution in [2.45, 2.75) is 53.4 Å². The number of phenolic OH excluding ortho intramolecular Hbond substituents is 4. The molecule has 1 aromatic heterocycles. The number of hydrazone groups is 1. The molecule has 2 aliphatic carbocycles. The minimum Gasteiger partial charge on any atom is -0.504 e. The summed E-state index contributed by atoms with van der Waals surface area (Å²) < 4.78 is 0. The largest absolute Gasteiger partial charge is 0.504 e. The van der Waals surface area contributed by atoms with Crippen LogP contribution < -0.4 is 5.43 Å². The fourth-order valence-corrected chi connectivity index (χ4v) is 6.11. The summed E-state index contributed by atoms with van der Waals surface area (Å²) in [5.41, 5.74) is -0.0124. The van der Waals surface area contributed by atoms with Crippen LogP contribution in [0.2, 0.25) is 0 Å². The maximum atomic E-state index is 14.5. The molecule has 5 N–H and O–H groups in total. The summed E-state index contributed by atoms with van der Waals surface area (Å²) in [5.74, 6) is -7.50. The average Bonchev–Trinajstić information content (AvgIpc) is 3.03. The third-order valence-corrected chi connectivity index (χ3v) is 8.36. The average molecular weight is 638 g/mol. The van der Waals surface area contributed by atoms with Crippen molar-refractivity contribution in [3.63, 3.8) is 0 Å². The number of fused-ring (bicyclic) bond motifs is 2. The lowest BCUT2D eigenvalue weighted by Crippen LogP contribution is -2.31. The third kappa shape index (κ3) is 4.98. The molecule has 47 heavy (non-hydrogen) atoms. The van der Waals surface area contributed by atoms with Crippen LogP contribution in [-0.2, 0) is 0 Å². The predicted octanol–water partition coefficient (Wildman–Crippen LogP) is 5.01. The Morgan fingerprint density at radius 1 is 0.745 bits per heavy atom. The van der Waals surface area contributed by atoms with Crippen LogP contribution in [0.5, 0.6) is 23.0 Å². The molecule has 2 aliphatic rings. The third-order valence-electron chi connectivity index (χ3n) is 8.36. The van der Waals surface area contributed by atoms with E-state index >= 15 is 0 Å². The van der Waals surface area contributed by atoms with Crippen LogP contribution in [0.15, 0.2) is 58.0 Å². The fourth-order valence-electron chi connectivity index (χ4n) is 6.11. The number of carbonyl (C=O) groups is 5. The first-order valence-electron chi connectivity index (χ1n) is 14.7. The Hall–Kier alpha value is -5.91. The molecule has 3 aromatic rings. The van der Waals surface area contributed by atoms with E-state index in [1.807, 2.05) is 0 Å². The fraction of sp³-hybridized carbons (Fsp3) is 0.229. The second-order valence-corrected chi connectivity index (χ2v) is 11.9. The van der Waals surface area contributed by atoms with Crippen molar-refractivity contribution in [2.75, 3.05) is 0 Å². The normalized spacial score (nSPS) is 14.9. The van der Waals surface area contributed by atoms with Gasteiger partial charge < -0.3 is 20.4 Å². The summed E-state index contributed by atoms with van der Waals surface area (Å²) in [6.07, 6.45) is 3.69. The molecule has 12 heteroatoms. The van der Waals surface area contributed by atoms with E-state index in [9.17, 15) is 44.4 Å². The molecule has 240 valence electrons. The number of carbonyl (C=O) groups excluding carboxylic acids is 5. The molecule has 2 aromatic carbocycles. The van der Waals surface area contributed by atoms with Crippen molar-refractivity contribution >= 4 is 35.3 Å². The monoisotopic (exact) mass is 637 g/mol. The summed E-state index contributed by atoms with van der Waals surface area (Å²) in [7, 11) is 0. The highest BCUT2D eigenvalue weighted by Gasteiger charge is 2.44. The number of amides is 1. The van der Waals surface area contributed by atoms with Crippen LogP contribution in [-0.4, -0.2) is 60.7 Å². The number of aromatic nitrogens is 1. The second kappa shape index (κ2) is 11.8. The highest BCUT2D eigenvalue weighted by molar-refractivity contribution is 6.38. The molecule has 5 rings (SSSR count). The van der Waals surface area contributed by atoms with Gasteiger partial charge in [-0.25, -0.2) is 5.43 Å². The number of nitrogens with one attached hydrogen (secondary N) is 1. The Morgan fingerprint density at radius 2 is 1.28 bits per heavy atom. The van der Waals surface area contributed by atoms with Crippen LogP contribution in [0, 0.1) is 0 Å². The second-order valence-electron chi connectivity index (χ2n) is 11.9. The number of benzene rings is 2. The van der Waals surface area contributed by atoms with Crippen molar-refractivity contribution in [3.8, 4) is 23.0 Å². The Balaban J connectivity index is 1.72. The summed E-state index contributed by atoms with van der Waals surface area (Å²) in [5, 5.41) is 47.0. The van der Waals surface area contributed by atoms with Crippen LogP contribution >= 0.6 is 0 Å². The first-order chi connectivity index (χ1) is 22.1. The number of rotatable bonds is 6. The molecule has 0 fully saturated rings. The smallest absolute Gasteiger partial charge is 0.271 e. The van der Waals surface area contributed by atoms with Gasteiger partial charge in [0.1, 0.15) is 0 Å². The number of ketones is 4. The molecule has 1 heterocycles. The van der Waals surface area contributed by atoms with E-state index in [0.717, 1.165) is 12.3 Å². The van der Waals surface area contributed by atoms with E-state index in [1.54, 1.807) is 27.7 Å². The van der Waals surface area contributed by atoms with Gasteiger partial charge in [-0.15, -0.1) is 0 Å². The molecule has 0 saturated heterocycles. The number of aromatic hydroxyl groups is 4. The summed E-state index contributed by atoms with van der Waals surface area (Å²) in [6.45, 7) is 9.27. The molecular formula is C35H31N3O9. The Kier molecular flexibility index (Phi) is 8.15. The molecule has 1 amide bonds. The zero-order valence-electron chi connectivity index (χ0n) is 26.3. The van der Waals surface area contributed by atoms with E-state index in [1.165, 1.54) is 38.4 Å². The number of nitrogens with zero attached hydrogens (tertiary/aromatic N) is 2. The van der Waals surface area contributed by atoms with Gasteiger partial charge in [-0.1, -0.05) is 27.7 Å². The summed E-state index contributed by atoms with van der Waals surface area (Å²) in [4.78, 5) is 72.9. The lowest BCUT2D eigenvalue weighted by atomic mass is 9.71. The molecule has 0 spiro atoms. The van der Waals surface area contributed by atoms with E-state index in [4.69, 9.17) is 0 Å². The Labute approximate surface area is 268 Å². The quantitative estimate of drug-likeness (QED) is 0.139. The number of pyridine rings is 1. The topological polar surface area (TPSA) is 204 Å². The lowest BCUT2D eigenvalue weighted by molar-refractivity contribution is 0.0951. The van der Waals surface area contributed by atoms with Gasteiger partial charge in [-0.2, -0.15) is 5.10 Å². The van der Waals surface area contributed by atoms with Gasteiger partial charge in [0, 0.05) is 73.6 Å². The van der Waals surface area contributed by atoms with Gasteiger partial charge in [0.2, 0.25) is 0 Å². The lowest BCUT2D eigenvalue weighted by Gasteiger charge is -2.29. The number of allylic oxidation sites excluding steroid dienone is 4. The molecule has 0 radical (unpaired) electrons. The predicted molar refractivity (Wildman–Crippen MR) is 170 cm³/mol. The van der Waals surface area contributed by atoms with Gasteiger partial charge >= 0.3 is 0 Å². The first-order valence-corrected chi connectivity index (χ1v) is 14.7. The Morgan fingerprint density at radius 3 is 1.85 bits per heavy atom. The van der Waals surface area contributed by atoms with Crippen LogP contribution in [0.25, 0.3) is 0 Å². The minimum absolute atomic E-state index is 0.0173. The van der Waals surface area contributed by atoms with Gasteiger partial charge in [0.05, 0.1) is 11.8 Å². The van der Waals surface area contributed by atoms with Gasteiger partial charge in [0.25, 0.3) is 5.91 Å². The maximum Gasteiger partial charge on any atom is 0.271 e. The summed E-state index contributed by atoms with van der Waals surface area (Å²) >= 11 is 0. The van der Waals surface area contributed by atoms with Gasteiger partial charge in [-0.3, -0.25) is 29.0 Å². The van der Waals surface area contributed by atoms with E-state index in [2.05, 4.69) is 15.5 Å². The van der Waals surface area contributed by atoms with Crippen molar-refractivity contribution in [2.24, 2.45) is 5.10 Å². The molecular weight excluding hydrogens is 606 g/mol. The maximum absolute atomic E-state index is 14.5. The van der Waals surface area contributed by atoms with E-state index < -0.39 is 75.0 Å². The van der Waals surface area contributed by atoms with E-state index in [0.29, 0.717) is 0 Å². The number of Topliss-reactive ketones (excluding diaryl/α,β-unsaturated/α-hetero) is 4. The molecule has 0 saturated carbocycles. The number of hydrogen-bond donors (Lipinski definition) is 5. The Bertz CT molecular complexity index is 2050. The highest BCUT2D eigenvalue weighted by atomic mass is 16.3. The van der Waals surface area contributed by atoms with Crippen molar-refractivity contribution in [1.82, 2.24) is 10.4 Å². The van der Waals surface area contributed by atoms with Crippen molar-refractivity contribution in [1.29, 1.82) is 0 Å². The molecule has 0 atom stereocenters. The van der Waals surface area contributed by atoms with Crippen LogP contribution in [0.4, 0.5) is 0 Å². The zero-order chi connectivity index (χ0) is 34.6. The van der Waals surface area contributed by atoms with E-state index in [-0.39, 0.29) is 55.7 Å². The summed E-state index contributed by atoms with van der Waals surface area (Å²) in [6, 6.07) is 3.81. The number of phenols is 4. The molecule has 0 aliphatic heterocycles. The van der Waals surface area contributed by atoms with Crippen LogP contribution in [0.1, 0.15) is 122 Å². The first kappa shape index (κ1) is 32.5. The molecule has 0 unspecified atom stereocenters.